The number of amides is 1. The molecule has 0 aliphatic carbocycles. The van der Waals surface area contributed by atoms with Gasteiger partial charge in [-0.15, -0.1) is 0 Å². The summed E-state index contributed by atoms with van der Waals surface area (Å²) >= 11 is 5.90. The van der Waals surface area contributed by atoms with E-state index in [1.54, 1.807) is 43.1 Å². The van der Waals surface area contributed by atoms with Crippen LogP contribution in [0.5, 0.6) is 0 Å². The van der Waals surface area contributed by atoms with Gasteiger partial charge in [0.1, 0.15) is 11.5 Å². The fourth-order valence-corrected chi connectivity index (χ4v) is 1.87. The summed E-state index contributed by atoms with van der Waals surface area (Å²) in [6.07, 6.45) is 0. The van der Waals surface area contributed by atoms with Crippen molar-refractivity contribution >= 4 is 23.2 Å². The van der Waals surface area contributed by atoms with Crippen molar-refractivity contribution in [3.05, 3.63) is 46.3 Å². The van der Waals surface area contributed by atoms with E-state index in [0.717, 1.165) is 0 Å². The normalized spacial score (nSPS) is 10.5. The van der Waals surface area contributed by atoms with Crippen LogP contribution in [0.1, 0.15) is 21.8 Å². The third-order valence-electron chi connectivity index (χ3n) is 2.67. The van der Waals surface area contributed by atoms with Gasteiger partial charge in [-0.25, -0.2) is 0 Å². The number of carbonyl (C=O) groups excluding carboxylic acids is 1. The minimum atomic E-state index is -0.150. The van der Waals surface area contributed by atoms with Gasteiger partial charge in [0.2, 0.25) is 0 Å². The van der Waals surface area contributed by atoms with Gasteiger partial charge in [-0.2, -0.15) is 0 Å². The average Bonchev–Trinajstić information content (AvgIpc) is 2.77. The Hall–Kier alpha value is -2.01. The lowest BCUT2D eigenvalue weighted by molar-refractivity contribution is 0.0782. The van der Waals surface area contributed by atoms with Crippen molar-refractivity contribution < 1.29 is 9.32 Å². The maximum absolute atomic E-state index is 12.2. The smallest absolute Gasteiger partial charge is 0.254 e. The average molecular weight is 280 g/mol. The molecule has 5 nitrogen and oxygen atoms in total. The molecular weight excluding hydrogens is 266 g/mol. The Balaban J connectivity index is 2.12. The van der Waals surface area contributed by atoms with Crippen molar-refractivity contribution in [3.63, 3.8) is 0 Å². The number of halogens is 1. The van der Waals surface area contributed by atoms with Crippen LogP contribution < -0.4 is 5.73 Å². The molecule has 100 valence electrons. The van der Waals surface area contributed by atoms with E-state index in [0.29, 0.717) is 34.3 Å². The lowest BCUT2D eigenvalue weighted by atomic mass is 10.2. The fraction of sp³-hybridized carbons (Fsp3) is 0.231. The summed E-state index contributed by atoms with van der Waals surface area (Å²) in [5, 5.41) is 4.22. The Labute approximate surface area is 115 Å². The molecule has 1 amide bonds. The first-order valence-electron chi connectivity index (χ1n) is 5.70. The third kappa shape index (κ3) is 3.06. The predicted molar refractivity (Wildman–Crippen MR) is 72.9 cm³/mol. The van der Waals surface area contributed by atoms with Gasteiger partial charge in [-0.05, 0) is 25.1 Å². The van der Waals surface area contributed by atoms with E-state index < -0.39 is 0 Å². The molecule has 2 rings (SSSR count). The van der Waals surface area contributed by atoms with Gasteiger partial charge < -0.3 is 15.2 Å². The summed E-state index contributed by atoms with van der Waals surface area (Å²) in [6.45, 7) is 2.18. The Morgan fingerprint density at radius 3 is 2.79 bits per heavy atom. The second-order valence-electron chi connectivity index (χ2n) is 4.33. The molecular formula is C13H14ClN3O2. The lowest BCUT2D eigenvalue weighted by Crippen LogP contribution is -2.26. The molecule has 1 heterocycles. The van der Waals surface area contributed by atoms with Crippen molar-refractivity contribution in [2.75, 3.05) is 12.8 Å². The van der Waals surface area contributed by atoms with E-state index in [9.17, 15) is 4.79 Å². The van der Waals surface area contributed by atoms with Crippen LogP contribution in [0.4, 0.5) is 5.69 Å². The first kappa shape index (κ1) is 13.4. The highest BCUT2D eigenvalue weighted by Crippen LogP contribution is 2.20. The van der Waals surface area contributed by atoms with Crippen LogP contribution in [0, 0.1) is 6.92 Å². The van der Waals surface area contributed by atoms with Gasteiger partial charge >= 0.3 is 0 Å². The molecule has 0 bridgehead atoms. The molecule has 0 aliphatic heterocycles. The number of hydrogen-bond donors (Lipinski definition) is 1. The highest BCUT2D eigenvalue weighted by atomic mass is 35.5. The van der Waals surface area contributed by atoms with E-state index in [1.165, 1.54) is 0 Å². The minimum Gasteiger partial charge on any atom is -0.398 e. The molecule has 19 heavy (non-hydrogen) atoms. The van der Waals surface area contributed by atoms with Crippen LogP contribution in [-0.4, -0.2) is 23.0 Å². The fourth-order valence-electron chi connectivity index (χ4n) is 1.69. The van der Waals surface area contributed by atoms with Crippen LogP contribution in [0.3, 0.4) is 0 Å². The quantitative estimate of drug-likeness (QED) is 0.876. The molecule has 0 saturated carbocycles. The van der Waals surface area contributed by atoms with Gasteiger partial charge in [-0.1, -0.05) is 16.8 Å². The largest absolute Gasteiger partial charge is 0.398 e. The highest BCUT2D eigenvalue weighted by Gasteiger charge is 2.14. The van der Waals surface area contributed by atoms with E-state index in [4.69, 9.17) is 21.9 Å². The first-order valence-corrected chi connectivity index (χ1v) is 6.08. The zero-order valence-electron chi connectivity index (χ0n) is 10.7. The second-order valence-corrected chi connectivity index (χ2v) is 4.73. The predicted octanol–water partition coefficient (Wildman–Crippen LogP) is 2.49. The summed E-state index contributed by atoms with van der Waals surface area (Å²) in [6, 6.07) is 6.61. The molecule has 2 N–H and O–H groups in total. The Bertz CT molecular complexity index is 610. The monoisotopic (exact) mass is 279 g/mol. The number of aromatic nitrogens is 1. The van der Waals surface area contributed by atoms with Crippen molar-refractivity contribution in [1.29, 1.82) is 0 Å². The zero-order chi connectivity index (χ0) is 14.0. The van der Waals surface area contributed by atoms with E-state index >= 15 is 0 Å². The van der Waals surface area contributed by atoms with Gasteiger partial charge in [0.05, 0.1) is 17.3 Å². The number of benzene rings is 1. The molecule has 1 aromatic carbocycles. The van der Waals surface area contributed by atoms with Gasteiger partial charge in [0.15, 0.2) is 0 Å². The summed E-state index contributed by atoms with van der Waals surface area (Å²) in [7, 11) is 1.69. The molecule has 0 saturated heterocycles. The molecule has 0 atom stereocenters. The van der Waals surface area contributed by atoms with Crippen molar-refractivity contribution in [3.8, 4) is 0 Å². The summed E-state index contributed by atoms with van der Waals surface area (Å²) < 4.78 is 4.96. The van der Waals surface area contributed by atoms with Crippen molar-refractivity contribution in [1.82, 2.24) is 10.1 Å². The second kappa shape index (κ2) is 5.32. The van der Waals surface area contributed by atoms with Crippen LogP contribution in [-0.2, 0) is 6.54 Å². The summed E-state index contributed by atoms with van der Waals surface area (Å²) in [5.41, 5.74) is 7.26. The van der Waals surface area contributed by atoms with Crippen LogP contribution in [0.2, 0.25) is 5.02 Å². The lowest BCUT2D eigenvalue weighted by Gasteiger charge is -2.15. The minimum absolute atomic E-state index is 0.150. The van der Waals surface area contributed by atoms with E-state index in [-0.39, 0.29) is 5.91 Å². The molecule has 0 spiro atoms. The Morgan fingerprint density at radius 1 is 1.47 bits per heavy atom. The van der Waals surface area contributed by atoms with Gasteiger partial charge in [0.25, 0.3) is 5.91 Å². The third-order valence-corrected chi connectivity index (χ3v) is 3.00. The molecule has 0 fully saturated rings. The topological polar surface area (TPSA) is 72.4 Å². The van der Waals surface area contributed by atoms with E-state index in [2.05, 4.69) is 5.16 Å². The van der Waals surface area contributed by atoms with Crippen LogP contribution in [0.25, 0.3) is 0 Å². The molecule has 1 aromatic heterocycles. The first-order chi connectivity index (χ1) is 8.97. The maximum Gasteiger partial charge on any atom is 0.254 e. The maximum atomic E-state index is 12.2. The zero-order valence-corrected chi connectivity index (χ0v) is 11.4. The summed E-state index contributed by atoms with van der Waals surface area (Å²) in [4.78, 5) is 13.7. The van der Waals surface area contributed by atoms with Gasteiger partial charge in [0, 0.05) is 18.7 Å². The number of hydrogen-bond acceptors (Lipinski definition) is 4. The standard InChI is InChI=1S/C13H14ClN3O2/c1-8-5-10(16-19-8)7-17(2)13(18)9-3-4-12(15)11(14)6-9/h3-6H,7,15H2,1-2H3. The number of carbonyl (C=O) groups is 1. The summed E-state index contributed by atoms with van der Waals surface area (Å²) in [5.74, 6) is 0.564. The number of nitrogen functional groups attached to an aromatic ring is 1. The van der Waals surface area contributed by atoms with Gasteiger partial charge in [-0.3, -0.25) is 4.79 Å². The number of rotatable bonds is 3. The molecule has 6 heteroatoms. The SMILES string of the molecule is Cc1cc(CN(C)C(=O)c2ccc(N)c(Cl)c2)no1. The number of anilines is 1. The van der Waals surface area contributed by atoms with Crippen molar-refractivity contribution in [2.45, 2.75) is 13.5 Å². The Kier molecular flexibility index (Phi) is 3.76. The number of aryl methyl sites for hydroxylation is 1. The number of nitrogens with zero attached hydrogens (tertiary/aromatic N) is 2. The Morgan fingerprint density at radius 2 is 2.21 bits per heavy atom. The molecule has 0 unspecified atom stereocenters. The van der Waals surface area contributed by atoms with Crippen LogP contribution in [0.15, 0.2) is 28.8 Å². The highest BCUT2D eigenvalue weighted by molar-refractivity contribution is 6.33. The molecule has 0 radical (unpaired) electrons. The van der Waals surface area contributed by atoms with E-state index in [1.807, 2.05) is 0 Å². The van der Waals surface area contributed by atoms with Crippen LogP contribution >= 0.6 is 11.6 Å². The molecule has 0 aliphatic rings. The molecule has 2 aromatic rings. The van der Waals surface area contributed by atoms with Crippen molar-refractivity contribution in [2.24, 2.45) is 0 Å². The number of nitrogens with two attached hydrogens (primary N) is 1.